The number of carbonyl (C=O) groups is 1. The molecule has 226 valence electrons. The lowest BCUT2D eigenvalue weighted by Crippen LogP contribution is -2.49. The minimum absolute atomic E-state index is 0.162. The molecule has 2 aromatic carbocycles. The van der Waals surface area contributed by atoms with Crippen LogP contribution in [-0.4, -0.2) is 51.0 Å². The van der Waals surface area contributed by atoms with Crippen LogP contribution < -0.4 is 14.4 Å². The van der Waals surface area contributed by atoms with Gasteiger partial charge < -0.3 is 14.7 Å². The fourth-order valence-corrected chi connectivity index (χ4v) is 7.74. The number of carbonyl (C=O) groups excluding carboxylic acids is 1. The summed E-state index contributed by atoms with van der Waals surface area (Å²) in [6, 6.07) is 11.3. The van der Waals surface area contributed by atoms with Gasteiger partial charge in [-0.2, -0.15) is 0 Å². The van der Waals surface area contributed by atoms with E-state index in [1.54, 1.807) is 18.2 Å². The average Bonchev–Trinajstić information content (AvgIpc) is 3.08. The van der Waals surface area contributed by atoms with Gasteiger partial charge >= 0.3 is 0 Å². The maximum absolute atomic E-state index is 13.0. The lowest BCUT2D eigenvalue weighted by molar-refractivity contribution is 0.0456. The SMILES string of the molecule is C=CCS(=O)(=O)NC(=O)c1ccc2c(c1)N(C[C@@H]1CC[C@H]1[C@@H](O)/C=C/CCC)CC1(CCCc3cc(Cl)ccc31)CO2. The molecule has 5 rings (SSSR count). The van der Waals surface area contributed by atoms with Crippen molar-refractivity contribution < 1.29 is 23.1 Å². The highest BCUT2D eigenvalue weighted by Gasteiger charge is 2.44. The first-order valence-corrected chi connectivity index (χ1v) is 17.0. The van der Waals surface area contributed by atoms with E-state index in [0.717, 1.165) is 55.7 Å². The normalized spacial score (nSPS) is 24.2. The van der Waals surface area contributed by atoms with Gasteiger partial charge in [-0.25, -0.2) is 13.1 Å². The molecule has 1 aliphatic heterocycles. The number of aryl methyl sites for hydroxylation is 1. The third-order valence-electron chi connectivity index (χ3n) is 9.04. The number of nitrogens with one attached hydrogen (secondary N) is 1. The summed E-state index contributed by atoms with van der Waals surface area (Å²) in [6.45, 7) is 7.45. The van der Waals surface area contributed by atoms with Gasteiger partial charge in [-0.05, 0) is 91.8 Å². The van der Waals surface area contributed by atoms with Gasteiger partial charge in [0.25, 0.3) is 5.91 Å². The van der Waals surface area contributed by atoms with Gasteiger partial charge in [0.2, 0.25) is 10.0 Å². The zero-order chi connectivity index (χ0) is 29.9. The first-order valence-electron chi connectivity index (χ1n) is 15.0. The van der Waals surface area contributed by atoms with Crippen LogP contribution in [0, 0.1) is 11.8 Å². The molecule has 3 aliphatic rings. The molecule has 0 bridgehead atoms. The van der Waals surface area contributed by atoms with Crippen molar-refractivity contribution in [3.63, 3.8) is 0 Å². The second kappa shape index (κ2) is 12.8. The van der Waals surface area contributed by atoms with Gasteiger partial charge in [0, 0.05) is 29.1 Å². The number of sulfonamides is 1. The molecular weight excluding hydrogens is 572 g/mol. The topological polar surface area (TPSA) is 95.9 Å². The molecule has 7 nitrogen and oxygen atoms in total. The Labute approximate surface area is 254 Å². The maximum atomic E-state index is 13.0. The molecule has 0 aromatic heterocycles. The molecule has 0 saturated heterocycles. The van der Waals surface area contributed by atoms with E-state index in [9.17, 15) is 18.3 Å². The third-order valence-corrected chi connectivity index (χ3v) is 10.4. The summed E-state index contributed by atoms with van der Waals surface area (Å²) in [5.41, 5.74) is 3.23. The summed E-state index contributed by atoms with van der Waals surface area (Å²) < 4.78 is 33.2. The standard InChI is InChI=1S/C33H41ClN2O5S/c1-3-5-6-9-30(37)27-13-10-25(27)20-36-21-33(16-7-8-23-18-26(34)12-14-28(23)33)22-41-31-15-11-24(19-29(31)36)32(38)35-42(39,40)17-4-2/h4,6,9,11-12,14-15,18-19,25,27,30,37H,2-3,5,7-8,10,13,16-17,20-22H2,1H3,(H,35,38)/b9-6+/t25-,27+,30-,33?/m0/s1. The highest BCUT2D eigenvalue weighted by atomic mass is 35.5. The predicted molar refractivity (Wildman–Crippen MR) is 168 cm³/mol. The molecule has 1 heterocycles. The van der Waals surface area contributed by atoms with Crippen molar-refractivity contribution in [2.24, 2.45) is 11.8 Å². The van der Waals surface area contributed by atoms with Crippen LogP contribution in [0.3, 0.4) is 0 Å². The van der Waals surface area contributed by atoms with E-state index in [-0.39, 0.29) is 28.6 Å². The summed E-state index contributed by atoms with van der Waals surface area (Å²) >= 11 is 6.38. The first kappa shape index (κ1) is 30.6. The smallest absolute Gasteiger partial charge is 0.264 e. The number of rotatable bonds is 10. The minimum Gasteiger partial charge on any atom is -0.490 e. The molecule has 1 fully saturated rings. The first-order chi connectivity index (χ1) is 20.1. The molecule has 42 heavy (non-hydrogen) atoms. The van der Waals surface area contributed by atoms with Crippen LogP contribution in [0.4, 0.5) is 5.69 Å². The van der Waals surface area contributed by atoms with Crippen LogP contribution in [-0.2, 0) is 21.9 Å². The van der Waals surface area contributed by atoms with E-state index in [0.29, 0.717) is 25.4 Å². The number of aliphatic hydroxyl groups is 1. The minimum atomic E-state index is -3.83. The number of allylic oxidation sites excluding steroid dienone is 1. The molecule has 1 unspecified atom stereocenters. The van der Waals surface area contributed by atoms with Gasteiger partial charge in [0.05, 0.1) is 24.2 Å². The Balaban J connectivity index is 1.49. The van der Waals surface area contributed by atoms with Crippen molar-refractivity contribution >= 4 is 33.2 Å². The van der Waals surface area contributed by atoms with E-state index >= 15 is 0 Å². The fourth-order valence-electron chi connectivity index (χ4n) is 6.75. The Morgan fingerprint density at radius 2 is 2.12 bits per heavy atom. The van der Waals surface area contributed by atoms with Crippen molar-refractivity contribution in [1.29, 1.82) is 0 Å². The molecule has 9 heteroatoms. The number of hydrogen-bond donors (Lipinski definition) is 2. The van der Waals surface area contributed by atoms with Gasteiger partial charge in [0.1, 0.15) is 5.75 Å². The maximum Gasteiger partial charge on any atom is 0.264 e. The van der Waals surface area contributed by atoms with E-state index < -0.39 is 22.0 Å². The van der Waals surface area contributed by atoms with Crippen molar-refractivity contribution in [1.82, 2.24) is 4.72 Å². The van der Waals surface area contributed by atoms with Gasteiger partial charge in [0.15, 0.2) is 0 Å². The van der Waals surface area contributed by atoms with Crippen LogP contribution >= 0.6 is 11.6 Å². The van der Waals surface area contributed by atoms with Crippen LogP contribution in [0.2, 0.25) is 5.02 Å². The van der Waals surface area contributed by atoms with Crippen LogP contribution in [0.25, 0.3) is 0 Å². The number of nitrogens with zero attached hydrogens (tertiary/aromatic N) is 1. The number of hydrogen-bond acceptors (Lipinski definition) is 6. The summed E-state index contributed by atoms with van der Waals surface area (Å²) in [4.78, 5) is 15.3. The molecule has 1 amide bonds. The number of halogens is 1. The quantitative estimate of drug-likeness (QED) is 0.329. The average molecular weight is 613 g/mol. The number of anilines is 1. The number of amides is 1. The fraction of sp³-hybridized carbons (Fsp3) is 0.485. The number of benzene rings is 2. The molecular formula is C33H41ClN2O5S. The van der Waals surface area contributed by atoms with Gasteiger partial charge in [-0.3, -0.25) is 4.79 Å². The van der Waals surface area contributed by atoms with Crippen molar-refractivity contribution in [3.05, 3.63) is 82.9 Å². The summed E-state index contributed by atoms with van der Waals surface area (Å²) in [5, 5.41) is 11.7. The number of fused-ring (bicyclic) bond motifs is 3. The van der Waals surface area contributed by atoms with E-state index in [1.807, 2.05) is 12.1 Å². The summed E-state index contributed by atoms with van der Waals surface area (Å²) in [5.74, 6) is 0.0674. The Bertz CT molecular complexity index is 1460. The predicted octanol–water partition coefficient (Wildman–Crippen LogP) is 5.80. The number of unbranched alkanes of at least 4 members (excludes halogenated alkanes) is 1. The van der Waals surface area contributed by atoms with Crippen LogP contribution in [0.15, 0.2) is 61.2 Å². The number of ether oxygens (including phenoxy) is 1. The zero-order valence-electron chi connectivity index (χ0n) is 24.2. The van der Waals surface area contributed by atoms with Crippen LogP contribution in [0.1, 0.15) is 66.9 Å². The largest absolute Gasteiger partial charge is 0.490 e. The van der Waals surface area contributed by atoms with Crippen molar-refractivity contribution in [2.75, 3.05) is 30.3 Å². The molecule has 1 saturated carbocycles. The highest BCUT2D eigenvalue weighted by molar-refractivity contribution is 7.90. The van der Waals surface area contributed by atoms with E-state index in [2.05, 4.69) is 41.3 Å². The lowest BCUT2D eigenvalue weighted by atomic mass is 9.68. The zero-order valence-corrected chi connectivity index (χ0v) is 25.8. The van der Waals surface area contributed by atoms with Crippen molar-refractivity contribution in [2.45, 2.75) is 63.4 Å². The Morgan fingerprint density at radius 1 is 1.29 bits per heavy atom. The Morgan fingerprint density at radius 3 is 2.86 bits per heavy atom. The Hall–Kier alpha value is -2.81. The molecule has 2 aromatic rings. The van der Waals surface area contributed by atoms with Crippen molar-refractivity contribution in [3.8, 4) is 5.75 Å². The Kier molecular flexibility index (Phi) is 9.35. The lowest BCUT2D eigenvalue weighted by Gasteiger charge is -2.45. The summed E-state index contributed by atoms with van der Waals surface area (Å²) in [6.07, 6.45) is 11.7. The molecule has 1 spiro atoms. The van der Waals surface area contributed by atoms with Crippen LogP contribution in [0.5, 0.6) is 5.75 Å². The second-order valence-electron chi connectivity index (χ2n) is 12.0. The second-order valence-corrected chi connectivity index (χ2v) is 14.2. The molecule has 4 atom stereocenters. The molecule has 0 radical (unpaired) electrons. The highest BCUT2D eigenvalue weighted by Crippen LogP contribution is 2.46. The van der Waals surface area contributed by atoms with E-state index in [1.165, 1.54) is 17.2 Å². The monoisotopic (exact) mass is 612 g/mol. The molecule has 2 N–H and O–H groups in total. The number of aliphatic hydroxyl groups excluding tert-OH is 1. The third kappa shape index (κ3) is 6.56. The summed E-state index contributed by atoms with van der Waals surface area (Å²) in [7, 11) is -3.83. The van der Waals surface area contributed by atoms with Gasteiger partial charge in [-0.1, -0.05) is 49.2 Å². The van der Waals surface area contributed by atoms with Gasteiger partial charge in [-0.15, -0.1) is 6.58 Å². The molecule has 2 aliphatic carbocycles. The van der Waals surface area contributed by atoms with E-state index in [4.69, 9.17) is 16.3 Å².